The van der Waals surface area contributed by atoms with Crippen LogP contribution in [0, 0.1) is 29.6 Å². The minimum atomic E-state index is -1.01. The maximum atomic E-state index is 11.4. The number of rotatable bonds is 8. The molecule has 1 fully saturated rings. The minimum Gasteiger partial charge on any atom is -0.492 e. The largest absolute Gasteiger partial charge is 0.492 e. The number of aromatic nitrogens is 1. The van der Waals surface area contributed by atoms with E-state index in [1.54, 1.807) is 30.3 Å². The van der Waals surface area contributed by atoms with Crippen LogP contribution in [0.4, 0.5) is 5.82 Å². The van der Waals surface area contributed by atoms with Gasteiger partial charge in [0.15, 0.2) is 5.84 Å². The molecule has 1 aromatic heterocycles. The van der Waals surface area contributed by atoms with E-state index in [0.29, 0.717) is 30.4 Å². The lowest BCUT2D eigenvalue weighted by Crippen LogP contribution is -2.32. The Labute approximate surface area is 163 Å². The number of nitrogens with one attached hydrogen (secondary N) is 2. The highest BCUT2D eigenvalue weighted by molar-refractivity contribution is 6.00. The Kier molecular flexibility index (Phi) is 5.58. The Bertz CT molecular complexity index is 914. The maximum Gasteiger partial charge on any atom is 0.339 e. The van der Waals surface area contributed by atoms with Crippen molar-refractivity contribution in [3.05, 3.63) is 53.2 Å². The van der Waals surface area contributed by atoms with Gasteiger partial charge < -0.3 is 20.5 Å². The number of nitrogens with two attached hydrogens (primary N) is 1. The molecule has 0 saturated heterocycles. The number of pyridine rings is 1. The number of aryl methyl sites for hydroxylation is 1. The van der Waals surface area contributed by atoms with E-state index >= 15 is 0 Å². The van der Waals surface area contributed by atoms with Gasteiger partial charge in [-0.1, -0.05) is 17.7 Å². The first-order chi connectivity index (χ1) is 13.4. The van der Waals surface area contributed by atoms with Crippen molar-refractivity contribution in [1.82, 2.24) is 9.88 Å². The van der Waals surface area contributed by atoms with Crippen molar-refractivity contribution in [2.75, 3.05) is 18.9 Å². The van der Waals surface area contributed by atoms with E-state index in [0.717, 1.165) is 18.3 Å². The van der Waals surface area contributed by atoms with Crippen LogP contribution in [0.25, 0.3) is 0 Å². The van der Waals surface area contributed by atoms with Crippen LogP contribution in [0.2, 0.25) is 0 Å². The Morgan fingerprint density at radius 1 is 1.39 bits per heavy atom. The van der Waals surface area contributed by atoms with E-state index in [2.05, 4.69) is 4.98 Å². The zero-order chi connectivity index (χ0) is 20.3. The van der Waals surface area contributed by atoms with Crippen molar-refractivity contribution >= 4 is 24.0 Å². The van der Waals surface area contributed by atoms with Crippen molar-refractivity contribution < 1.29 is 14.6 Å². The van der Waals surface area contributed by atoms with Crippen molar-refractivity contribution in [3.63, 3.8) is 0 Å². The third kappa shape index (κ3) is 4.46. The first-order valence-corrected chi connectivity index (χ1v) is 8.94. The van der Waals surface area contributed by atoms with E-state index in [1.807, 2.05) is 13.0 Å². The summed E-state index contributed by atoms with van der Waals surface area (Å²) in [4.78, 5) is 17.0. The standard InChI is InChI=1S/C20H23N5O3/c1-12-5-6-17(15(7-12)20(26)27)28-10-14-8-13(14)9-25(11-21)19(23)16-3-2-4-18(22)24-16/h2-7,11,13-14,21,23H,8-10H2,1H3,(H2,22,24)(H,26,27). The lowest BCUT2D eigenvalue weighted by Gasteiger charge is -2.19. The Morgan fingerprint density at radius 3 is 2.86 bits per heavy atom. The predicted octanol–water partition coefficient (Wildman–Crippen LogP) is 2.62. The molecule has 0 amide bonds. The second-order valence-electron chi connectivity index (χ2n) is 6.95. The van der Waals surface area contributed by atoms with E-state index < -0.39 is 5.97 Å². The first kappa shape index (κ1) is 19.3. The summed E-state index contributed by atoms with van der Waals surface area (Å²) in [5.74, 6) is 0.333. The normalized spacial score (nSPS) is 17.6. The number of carboxylic acids is 1. The minimum absolute atomic E-state index is 0.126. The highest BCUT2D eigenvalue weighted by atomic mass is 16.5. The van der Waals surface area contributed by atoms with Crippen molar-refractivity contribution in [3.8, 4) is 5.75 Å². The molecule has 0 aliphatic heterocycles. The Balaban J connectivity index is 1.56. The van der Waals surface area contributed by atoms with Gasteiger partial charge in [0.05, 0.1) is 12.9 Å². The lowest BCUT2D eigenvalue weighted by atomic mass is 10.1. The van der Waals surface area contributed by atoms with Crippen LogP contribution in [0.5, 0.6) is 5.75 Å². The molecule has 1 aliphatic rings. The van der Waals surface area contributed by atoms with Gasteiger partial charge in [-0.3, -0.25) is 10.8 Å². The molecule has 2 aromatic rings. The molecule has 8 heteroatoms. The molecule has 8 nitrogen and oxygen atoms in total. The van der Waals surface area contributed by atoms with Gasteiger partial charge in [-0.15, -0.1) is 0 Å². The molecule has 2 unspecified atom stereocenters. The van der Waals surface area contributed by atoms with E-state index in [1.165, 1.54) is 4.90 Å². The molecular weight excluding hydrogens is 358 g/mol. The number of anilines is 1. The second kappa shape index (κ2) is 8.08. The molecule has 0 radical (unpaired) electrons. The van der Waals surface area contributed by atoms with Gasteiger partial charge in [-0.2, -0.15) is 0 Å². The highest BCUT2D eigenvalue weighted by Crippen LogP contribution is 2.39. The molecule has 146 valence electrons. The second-order valence-corrected chi connectivity index (χ2v) is 6.95. The third-order valence-corrected chi connectivity index (χ3v) is 4.77. The first-order valence-electron chi connectivity index (χ1n) is 8.94. The van der Waals surface area contributed by atoms with Gasteiger partial charge in [0.25, 0.3) is 0 Å². The van der Waals surface area contributed by atoms with Crippen molar-refractivity contribution in [2.24, 2.45) is 11.8 Å². The molecule has 5 N–H and O–H groups in total. The van der Waals surface area contributed by atoms with Gasteiger partial charge >= 0.3 is 5.97 Å². The molecule has 0 bridgehead atoms. The fourth-order valence-electron chi connectivity index (χ4n) is 3.06. The van der Waals surface area contributed by atoms with Gasteiger partial charge in [-0.25, -0.2) is 9.78 Å². The molecule has 1 saturated carbocycles. The number of nitrogen functional groups attached to an aromatic ring is 1. The summed E-state index contributed by atoms with van der Waals surface area (Å²) < 4.78 is 5.74. The van der Waals surface area contributed by atoms with E-state index in [9.17, 15) is 9.90 Å². The number of ether oxygens (including phenoxy) is 1. The molecule has 2 atom stereocenters. The highest BCUT2D eigenvalue weighted by Gasteiger charge is 2.39. The zero-order valence-electron chi connectivity index (χ0n) is 15.6. The number of aromatic carboxylic acids is 1. The van der Waals surface area contributed by atoms with Crippen LogP contribution in [-0.2, 0) is 0 Å². The fraction of sp³-hybridized carbons (Fsp3) is 0.300. The van der Waals surface area contributed by atoms with Crippen LogP contribution in [-0.4, -0.2) is 46.3 Å². The predicted molar refractivity (Wildman–Crippen MR) is 106 cm³/mol. The van der Waals surface area contributed by atoms with Gasteiger partial charge in [0.2, 0.25) is 0 Å². The van der Waals surface area contributed by atoms with Gasteiger partial charge in [-0.05, 0) is 49.4 Å². The van der Waals surface area contributed by atoms with Crippen LogP contribution < -0.4 is 10.5 Å². The smallest absolute Gasteiger partial charge is 0.339 e. The number of carboxylic acid groups (broad SMARTS) is 1. The number of hydrogen-bond acceptors (Lipinski definition) is 6. The topological polar surface area (TPSA) is 136 Å². The van der Waals surface area contributed by atoms with E-state index in [-0.39, 0.29) is 23.2 Å². The lowest BCUT2D eigenvalue weighted by molar-refractivity contribution is 0.0691. The summed E-state index contributed by atoms with van der Waals surface area (Å²) in [6.45, 7) is 2.75. The van der Waals surface area contributed by atoms with Crippen LogP contribution in [0.15, 0.2) is 36.4 Å². The Morgan fingerprint density at radius 2 is 2.18 bits per heavy atom. The van der Waals surface area contributed by atoms with Gasteiger partial charge in [0.1, 0.15) is 22.8 Å². The van der Waals surface area contributed by atoms with Crippen LogP contribution >= 0.6 is 0 Å². The monoisotopic (exact) mass is 381 g/mol. The summed E-state index contributed by atoms with van der Waals surface area (Å²) in [6.07, 6.45) is 2.02. The molecule has 3 rings (SSSR count). The van der Waals surface area contributed by atoms with Crippen LogP contribution in [0.1, 0.15) is 28.0 Å². The molecular formula is C20H23N5O3. The van der Waals surface area contributed by atoms with Crippen molar-refractivity contribution in [2.45, 2.75) is 13.3 Å². The molecule has 1 aliphatic carbocycles. The summed E-state index contributed by atoms with van der Waals surface area (Å²) in [6, 6.07) is 10.2. The number of benzene rings is 1. The summed E-state index contributed by atoms with van der Waals surface area (Å²) in [5.41, 5.74) is 7.11. The quantitative estimate of drug-likeness (QED) is 0.410. The van der Waals surface area contributed by atoms with Crippen LogP contribution in [0.3, 0.4) is 0 Å². The number of carbonyl (C=O) groups is 1. The number of nitrogens with zero attached hydrogens (tertiary/aromatic N) is 2. The van der Waals surface area contributed by atoms with Crippen molar-refractivity contribution in [1.29, 1.82) is 10.8 Å². The fourth-order valence-corrected chi connectivity index (χ4v) is 3.06. The SMILES string of the molecule is Cc1ccc(OCC2CC2CN(C=N)C(=N)c2cccc(N)n2)c(C(=O)O)c1. The third-order valence-electron chi connectivity index (χ3n) is 4.77. The Hall–Kier alpha value is -3.42. The number of amidine groups is 1. The molecule has 0 spiro atoms. The van der Waals surface area contributed by atoms with E-state index in [4.69, 9.17) is 21.3 Å². The average molecular weight is 381 g/mol. The molecule has 1 aromatic carbocycles. The average Bonchev–Trinajstić information content (AvgIpc) is 3.42. The maximum absolute atomic E-state index is 11.4. The summed E-state index contributed by atoms with van der Waals surface area (Å²) >= 11 is 0. The molecule has 28 heavy (non-hydrogen) atoms. The summed E-state index contributed by atoms with van der Waals surface area (Å²) in [5, 5.41) is 25.2. The summed E-state index contributed by atoms with van der Waals surface area (Å²) in [7, 11) is 0. The zero-order valence-corrected chi connectivity index (χ0v) is 15.6. The number of hydrogen-bond donors (Lipinski definition) is 4. The van der Waals surface area contributed by atoms with Gasteiger partial charge in [0, 0.05) is 6.54 Å². The molecule has 1 heterocycles.